The molecule has 0 unspecified atom stereocenters. The van der Waals surface area contributed by atoms with E-state index in [1.807, 2.05) is 30.3 Å². The molecule has 1 amide bonds. The van der Waals surface area contributed by atoms with E-state index < -0.39 is 6.04 Å². The molecule has 0 saturated carbocycles. The van der Waals surface area contributed by atoms with Crippen molar-refractivity contribution >= 4 is 5.91 Å². The zero-order valence-corrected chi connectivity index (χ0v) is 11.6. The lowest BCUT2D eigenvalue weighted by Crippen LogP contribution is -2.41. The number of nitrogens with one attached hydrogen (secondary N) is 1. The van der Waals surface area contributed by atoms with E-state index in [9.17, 15) is 4.79 Å². The number of nitrogens with two attached hydrogens (primary N) is 1. The number of benzene rings is 1. The fourth-order valence-corrected chi connectivity index (χ4v) is 2.09. The van der Waals surface area contributed by atoms with Crippen molar-refractivity contribution in [3.63, 3.8) is 0 Å². The third-order valence-electron chi connectivity index (χ3n) is 3.25. The molecular formula is C15H20N4O. The van der Waals surface area contributed by atoms with Crippen molar-refractivity contribution in [2.24, 2.45) is 5.73 Å². The van der Waals surface area contributed by atoms with Crippen molar-refractivity contribution in [2.45, 2.75) is 25.4 Å². The molecule has 2 aromatic rings. The topological polar surface area (TPSA) is 75.0 Å². The van der Waals surface area contributed by atoms with Gasteiger partial charge in [0, 0.05) is 25.4 Å². The molecular weight excluding hydrogens is 252 g/mol. The Morgan fingerprint density at radius 2 is 2.10 bits per heavy atom. The summed E-state index contributed by atoms with van der Waals surface area (Å²) >= 11 is 0. The molecule has 3 N–H and O–H groups in total. The minimum Gasteiger partial charge on any atom is -0.340 e. The molecule has 0 saturated heterocycles. The summed E-state index contributed by atoms with van der Waals surface area (Å²) in [6.45, 7) is 0.522. The second-order valence-corrected chi connectivity index (χ2v) is 4.93. The maximum Gasteiger partial charge on any atom is 0.239 e. The molecule has 5 nitrogen and oxygen atoms in total. The quantitative estimate of drug-likeness (QED) is 0.833. The van der Waals surface area contributed by atoms with Gasteiger partial charge in [-0.25, -0.2) is 0 Å². The van der Waals surface area contributed by atoms with Crippen molar-refractivity contribution < 1.29 is 4.79 Å². The fraction of sp³-hybridized carbons (Fsp3) is 0.333. The number of amides is 1. The number of carbonyl (C=O) groups excluding carboxylic acids is 1. The minimum atomic E-state index is -0.466. The molecule has 0 bridgehead atoms. The molecule has 0 aliphatic rings. The van der Waals surface area contributed by atoms with E-state index in [1.165, 1.54) is 5.56 Å². The summed E-state index contributed by atoms with van der Waals surface area (Å²) in [5.41, 5.74) is 8.15. The third kappa shape index (κ3) is 3.93. The van der Waals surface area contributed by atoms with Gasteiger partial charge < -0.3 is 10.6 Å². The van der Waals surface area contributed by atoms with Gasteiger partial charge in [0.25, 0.3) is 0 Å². The summed E-state index contributed by atoms with van der Waals surface area (Å²) in [4.78, 5) is 13.8. The van der Waals surface area contributed by atoms with Gasteiger partial charge in [-0.05, 0) is 18.4 Å². The van der Waals surface area contributed by atoms with Crippen LogP contribution in [0, 0.1) is 0 Å². The number of hydrogen-bond acceptors (Lipinski definition) is 3. The summed E-state index contributed by atoms with van der Waals surface area (Å²) in [5, 5.41) is 6.59. The maximum absolute atomic E-state index is 12.2. The minimum absolute atomic E-state index is 0.0397. The average molecular weight is 272 g/mol. The lowest BCUT2D eigenvalue weighted by atomic mass is 10.0. The summed E-state index contributed by atoms with van der Waals surface area (Å²) in [6.07, 6.45) is 4.95. The number of aryl methyl sites for hydroxylation is 1. The Balaban J connectivity index is 1.82. The number of hydrogen-bond donors (Lipinski definition) is 2. The average Bonchev–Trinajstić information content (AvgIpc) is 2.98. The van der Waals surface area contributed by atoms with Crippen molar-refractivity contribution in [3.05, 3.63) is 53.9 Å². The molecule has 0 radical (unpaired) electrons. The van der Waals surface area contributed by atoms with E-state index >= 15 is 0 Å². The molecule has 20 heavy (non-hydrogen) atoms. The van der Waals surface area contributed by atoms with E-state index in [1.54, 1.807) is 24.3 Å². The van der Waals surface area contributed by atoms with E-state index in [2.05, 4.69) is 10.2 Å². The Morgan fingerprint density at radius 3 is 2.75 bits per heavy atom. The van der Waals surface area contributed by atoms with Gasteiger partial charge in [0.15, 0.2) is 0 Å². The highest BCUT2D eigenvalue weighted by Gasteiger charge is 2.18. The standard InChI is InChI=1S/C15H20N4O/c1-19(11-13-9-17-18-10-13)15(20)14(16)8-7-12-5-3-2-4-6-12/h2-6,9-10,14H,7-8,11,16H2,1H3,(H,17,18)/t14-/m0/s1. The predicted molar refractivity (Wildman–Crippen MR) is 77.8 cm³/mol. The van der Waals surface area contributed by atoms with Crippen molar-refractivity contribution in [1.29, 1.82) is 0 Å². The van der Waals surface area contributed by atoms with Crippen LogP contribution in [0.15, 0.2) is 42.7 Å². The first-order chi connectivity index (χ1) is 9.66. The lowest BCUT2D eigenvalue weighted by molar-refractivity contribution is -0.131. The molecule has 0 spiro atoms. The smallest absolute Gasteiger partial charge is 0.239 e. The van der Waals surface area contributed by atoms with Gasteiger partial charge in [-0.1, -0.05) is 30.3 Å². The van der Waals surface area contributed by atoms with Gasteiger partial charge in [0.1, 0.15) is 0 Å². The Morgan fingerprint density at radius 1 is 1.35 bits per heavy atom. The van der Waals surface area contributed by atoms with Crippen LogP contribution < -0.4 is 5.73 Å². The first-order valence-electron chi connectivity index (χ1n) is 6.69. The van der Waals surface area contributed by atoms with E-state index in [0.717, 1.165) is 12.0 Å². The van der Waals surface area contributed by atoms with Crippen LogP contribution in [0.3, 0.4) is 0 Å². The number of nitrogens with zero attached hydrogens (tertiary/aromatic N) is 2. The van der Waals surface area contributed by atoms with Gasteiger partial charge in [0.05, 0.1) is 12.2 Å². The van der Waals surface area contributed by atoms with Gasteiger partial charge in [0.2, 0.25) is 5.91 Å². The van der Waals surface area contributed by atoms with E-state index in [4.69, 9.17) is 5.73 Å². The fourth-order valence-electron chi connectivity index (χ4n) is 2.09. The molecule has 0 aliphatic carbocycles. The van der Waals surface area contributed by atoms with Crippen LogP contribution in [0.2, 0.25) is 0 Å². The summed E-state index contributed by atoms with van der Waals surface area (Å²) in [7, 11) is 1.76. The van der Waals surface area contributed by atoms with Gasteiger partial charge >= 0.3 is 0 Å². The number of aromatic amines is 1. The van der Waals surface area contributed by atoms with E-state index in [-0.39, 0.29) is 5.91 Å². The highest BCUT2D eigenvalue weighted by Crippen LogP contribution is 2.07. The van der Waals surface area contributed by atoms with Gasteiger partial charge in [-0.2, -0.15) is 5.10 Å². The second-order valence-electron chi connectivity index (χ2n) is 4.93. The number of likely N-dealkylation sites (N-methyl/N-ethyl adjacent to an activating group) is 1. The Labute approximate surface area is 118 Å². The van der Waals surface area contributed by atoms with Crippen molar-refractivity contribution in [3.8, 4) is 0 Å². The van der Waals surface area contributed by atoms with Crippen LogP contribution in [0.5, 0.6) is 0 Å². The molecule has 0 aliphatic heterocycles. The monoisotopic (exact) mass is 272 g/mol. The van der Waals surface area contributed by atoms with E-state index in [0.29, 0.717) is 13.0 Å². The second kappa shape index (κ2) is 6.86. The van der Waals surface area contributed by atoms with Crippen LogP contribution in [-0.2, 0) is 17.8 Å². The zero-order chi connectivity index (χ0) is 14.4. The summed E-state index contributed by atoms with van der Waals surface area (Å²) in [5.74, 6) is -0.0397. The highest BCUT2D eigenvalue weighted by molar-refractivity contribution is 5.81. The lowest BCUT2D eigenvalue weighted by Gasteiger charge is -2.20. The van der Waals surface area contributed by atoms with Crippen LogP contribution in [0.25, 0.3) is 0 Å². The first-order valence-corrected chi connectivity index (χ1v) is 6.69. The van der Waals surface area contributed by atoms with Crippen LogP contribution in [0.4, 0.5) is 0 Å². The zero-order valence-electron chi connectivity index (χ0n) is 11.6. The molecule has 1 aromatic heterocycles. The normalized spacial score (nSPS) is 12.1. The Hall–Kier alpha value is -2.14. The molecule has 1 atom stereocenters. The Bertz CT molecular complexity index is 524. The largest absolute Gasteiger partial charge is 0.340 e. The molecule has 5 heteroatoms. The number of H-pyrrole nitrogens is 1. The summed E-state index contributed by atoms with van der Waals surface area (Å²) < 4.78 is 0. The Kier molecular flexibility index (Phi) is 4.90. The maximum atomic E-state index is 12.2. The molecule has 2 rings (SSSR count). The number of aromatic nitrogens is 2. The molecule has 1 aromatic carbocycles. The summed E-state index contributed by atoms with van der Waals surface area (Å²) in [6, 6.07) is 9.60. The molecule has 1 heterocycles. The SMILES string of the molecule is CN(Cc1cn[nH]c1)C(=O)[C@@H](N)CCc1ccccc1. The third-order valence-corrected chi connectivity index (χ3v) is 3.25. The number of rotatable bonds is 6. The van der Waals surface area contributed by atoms with Crippen LogP contribution in [-0.4, -0.2) is 34.1 Å². The number of carbonyl (C=O) groups is 1. The molecule has 0 fully saturated rings. The van der Waals surface area contributed by atoms with Gasteiger partial charge in [-0.3, -0.25) is 9.89 Å². The van der Waals surface area contributed by atoms with Crippen molar-refractivity contribution in [2.75, 3.05) is 7.05 Å². The van der Waals surface area contributed by atoms with Crippen LogP contribution >= 0.6 is 0 Å². The van der Waals surface area contributed by atoms with Crippen LogP contribution in [0.1, 0.15) is 17.5 Å². The van der Waals surface area contributed by atoms with Crippen molar-refractivity contribution in [1.82, 2.24) is 15.1 Å². The predicted octanol–water partition coefficient (Wildman–Crippen LogP) is 1.33. The highest BCUT2D eigenvalue weighted by atomic mass is 16.2. The van der Waals surface area contributed by atoms with Gasteiger partial charge in [-0.15, -0.1) is 0 Å². The molecule has 106 valence electrons. The first kappa shape index (κ1) is 14.3.